The van der Waals surface area contributed by atoms with E-state index in [1.165, 1.54) is 0 Å². The van der Waals surface area contributed by atoms with E-state index in [0.717, 1.165) is 16.8 Å². The van der Waals surface area contributed by atoms with Crippen molar-refractivity contribution in [1.29, 1.82) is 5.26 Å². The first-order valence-corrected chi connectivity index (χ1v) is 9.49. The van der Waals surface area contributed by atoms with Crippen LogP contribution in [0, 0.1) is 17.2 Å². The fraction of sp³-hybridized carbons (Fsp3) is 0.240. The van der Waals surface area contributed by atoms with Crippen molar-refractivity contribution in [2.75, 3.05) is 0 Å². The van der Waals surface area contributed by atoms with Crippen LogP contribution in [-0.4, -0.2) is 10.8 Å². The van der Waals surface area contributed by atoms with Gasteiger partial charge in [-0.15, -0.1) is 0 Å². The van der Waals surface area contributed by atoms with Gasteiger partial charge in [0.2, 0.25) is 0 Å². The van der Waals surface area contributed by atoms with Gasteiger partial charge in [0.15, 0.2) is 5.78 Å². The number of rotatable bonds is 6. The highest BCUT2D eigenvalue weighted by molar-refractivity contribution is 5.97. The van der Waals surface area contributed by atoms with Gasteiger partial charge in [0, 0.05) is 22.9 Å². The smallest absolute Gasteiger partial charge is 0.168 e. The van der Waals surface area contributed by atoms with E-state index >= 15 is 0 Å². The number of carbonyl (C=O) groups excluding carboxylic acids is 1. The summed E-state index contributed by atoms with van der Waals surface area (Å²) in [6.45, 7) is 6.60. The minimum absolute atomic E-state index is 0.0647. The second-order valence-corrected chi connectivity index (χ2v) is 7.54. The van der Waals surface area contributed by atoms with E-state index in [9.17, 15) is 4.79 Å². The molecule has 0 fully saturated rings. The molecule has 0 N–H and O–H groups in total. The lowest BCUT2D eigenvalue weighted by molar-refractivity contribution is 0.0992. The van der Waals surface area contributed by atoms with Crippen LogP contribution in [-0.2, 0) is 11.8 Å². The Morgan fingerprint density at radius 3 is 2.11 bits per heavy atom. The highest BCUT2D eigenvalue weighted by atomic mass is 16.1. The standard InChI is InChI=1S/C25H24N2O/c1-18(2)25(3,21-11-7-19(17-26)8-12-21)22-13-9-20(10-14-22)24(28)16-23-6-4-5-15-27-23/h4-15,18H,16H2,1-3H3. The van der Waals surface area contributed by atoms with E-state index in [2.05, 4.69) is 31.8 Å². The molecule has 0 bridgehead atoms. The molecule has 1 aromatic heterocycles. The molecule has 0 aliphatic rings. The van der Waals surface area contributed by atoms with Crippen LogP contribution in [0.5, 0.6) is 0 Å². The Morgan fingerprint density at radius 1 is 1.00 bits per heavy atom. The van der Waals surface area contributed by atoms with Gasteiger partial charge in [-0.05, 0) is 41.3 Å². The van der Waals surface area contributed by atoms with E-state index in [1.807, 2.05) is 66.7 Å². The van der Waals surface area contributed by atoms with Gasteiger partial charge in [-0.1, -0.05) is 63.2 Å². The molecule has 0 saturated carbocycles. The van der Waals surface area contributed by atoms with E-state index in [-0.39, 0.29) is 11.2 Å². The molecule has 0 radical (unpaired) electrons. The van der Waals surface area contributed by atoms with Crippen molar-refractivity contribution >= 4 is 5.78 Å². The number of ketones is 1. The molecule has 1 atom stereocenters. The van der Waals surface area contributed by atoms with Crippen molar-refractivity contribution in [3.63, 3.8) is 0 Å². The maximum absolute atomic E-state index is 12.6. The lowest BCUT2D eigenvalue weighted by Gasteiger charge is -2.35. The predicted octanol–water partition coefficient (Wildman–Crippen LogP) is 5.34. The normalized spacial score (nSPS) is 13.0. The summed E-state index contributed by atoms with van der Waals surface area (Å²) in [4.78, 5) is 16.8. The first-order chi connectivity index (χ1) is 13.4. The number of hydrogen-bond donors (Lipinski definition) is 0. The number of nitriles is 1. The molecule has 0 aliphatic carbocycles. The zero-order valence-corrected chi connectivity index (χ0v) is 16.5. The molecule has 0 aliphatic heterocycles. The van der Waals surface area contributed by atoms with Gasteiger partial charge >= 0.3 is 0 Å². The predicted molar refractivity (Wildman–Crippen MR) is 111 cm³/mol. The zero-order valence-electron chi connectivity index (χ0n) is 16.5. The fourth-order valence-electron chi connectivity index (χ4n) is 3.50. The quantitative estimate of drug-likeness (QED) is 0.552. The van der Waals surface area contributed by atoms with Gasteiger partial charge in [0.1, 0.15) is 0 Å². The van der Waals surface area contributed by atoms with Crippen LogP contribution >= 0.6 is 0 Å². The van der Waals surface area contributed by atoms with Crippen LogP contribution in [0.4, 0.5) is 0 Å². The zero-order chi connectivity index (χ0) is 20.1. The largest absolute Gasteiger partial charge is 0.294 e. The molecule has 2 aromatic carbocycles. The average Bonchev–Trinajstić information content (AvgIpc) is 2.74. The van der Waals surface area contributed by atoms with Gasteiger partial charge in [-0.2, -0.15) is 5.26 Å². The molecule has 3 heteroatoms. The number of aromatic nitrogens is 1. The fourth-order valence-corrected chi connectivity index (χ4v) is 3.50. The van der Waals surface area contributed by atoms with Gasteiger partial charge < -0.3 is 0 Å². The van der Waals surface area contributed by atoms with E-state index in [0.29, 0.717) is 23.5 Å². The molecular weight excluding hydrogens is 344 g/mol. The Hall–Kier alpha value is -3.25. The van der Waals surface area contributed by atoms with Gasteiger partial charge in [-0.25, -0.2) is 0 Å². The molecule has 3 nitrogen and oxygen atoms in total. The van der Waals surface area contributed by atoms with Crippen molar-refractivity contribution < 1.29 is 4.79 Å². The van der Waals surface area contributed by atoms with Crippen molar-refractivity contribution in [3.05, 3.63) is 101 Å². The summed E-state index contributed by atoms with van der Waals surface area (Å²) in [5.74, 6) is 0.408. The summed E-state index contributed by atoms with van der Waals surface area (Å²) in [6.07, 6.45) is 2.01. The number of carbonyl (C=O) groups is 1. The molecule has 3 rings (SSSR count). The SMILES string of the molecule is CC(C)C(C)(c1ccc(C#N)cc1)c1ccc(C(=O)Cc2ccccn2)cc1. The monoisotopic (exact) mass is 368 g/mol. The van der Waals surface area contributed by atoms with E-state index in [1.54, 1.807) is 6.20 Å². The molecule has 140 valence electrons. The van der Waals surface area contributed by atoms with Gasteiger partial charge in [0.05, 0.1) is 18.1 Å². The molecule has 0 amide bonds. The molecule has 3 aromatic rings. The first kappa shape index (κ1) is 19.5. The van der Waals surface area contributed by atoms with Crippen LogP contribution in [0.25, 0.3) is 0 Å². The Bertz CT molecular complexity index is 983. The number of pyridine rings is 1. The number of hydrogen-bond acceptors (Lipinski definition) is 3. The second-order valence-electron chi connectivity index (χ2n) is 7.54. The minimum atomic E-state index is -0.212. The lowest BCUT2D eigenvalue weighted by atomic mass is 9.68. The first-order valence-electron chi connectivity index (χ1n) is 9.49. The van der Waals surface area contributed by atoms with Crippen LogP contribution < -0.4 is 0 Å². The third-order valence-electron chi connectivity index (χ3n) is 5.64. The molecule has 0 spiro atoms. The molecular formula is C25H24N2O. The number of Topliss-reactive ketones (excluding diaryl/α,β-unsaturated/α-hetero) is 1. The van der Waals surface area contributed by atoms with Crippen LogP contribution in [0.3, 0.4) is 0 Å². The summed E-state index contributed by atoms with van der Waals surface area (Å²) >= 11 is 0. The summed E-state index contributed by atoms with van der Waals surface area (Å²) in [5, 5.41) is 9.06. The Kier molecular flexibility index (Phi) is 5.70. The van der Waals surface area contributed by atoms with Crippen molar-refractivity contribution in [2.45, 2.75) is 32.6 Å². The maximum Gasteiger partial charge on any atom is 0.168 e. The highest BCUT2D eigenvalue weighted by Crippen LogP contribution is 2.39. The molecule has 28 heavy (non-hydrogen) atoms. The van der Waals surface area contributed by atoms with Gasteiger partial charge in [0.25, 0.3) is 0 Å². The Labute approximate surface area is 166 Å². The van der Waals surface area contributed by atoms with E-state index < -0.39 is 0 Å². The van der Waals surface area contributed by atoms with Crippen molar-refractivity contribution in [3.8, 4) is 6.07 Å². The number of benzene rings is 2. The minimum Gasteiger partial charge on any atom is -0.294 e. The van der Waals surface area contributed by atoms with Crippen molar-refractivity contribution in [1.82, 2.24) is 4.98 Å². The third kappa shape index (κ3) is 3.87. The van der Waals surface area contributed by atoms with Crippen molar-refractivity contribution in [2.24, 2.45) is 5.92 Å². The topological polar surface area (TPSA) is 53.8 Å². The molecule has 1 heterocycles. The average molecular weight is 368 g/mol. The van der Waals surface area contributed by atoms with Gasteiger partial charge in [-0.3, -0.25) is 9.78 Å². The van der Waals surface area contributed by atoms with Crippen LogP contribution in [0.2, 0.25) is 0 Å². The Morgan fingerprint density at radius 2 is 1.61 bits per heavy atom. The third-order valence-corrected chi connectivity index (χ3v) is 5.64. The summed E-state index contributed by atoms with van der Waals surface area (Å²) in [5.41, 5.74) is 4.23. The van der Waals surface area contributed by atoms with Crippen LogP contribution in [0.15, 0.2) is 72.9 Å². The summed E-state index contributed by atoms with van der Waals surface area (Å²) in [6, 6.07) is 23.5. The number of nitrogens with zero attached hydrogens (tertiary/aromatic N) is 2. The lowest BCUT2D eigenvalue weighted by Crippen LogP contribution is -2.30. The summed E-state index contributed by atoms with van der Waals surface area (Å²) < 4.78 is 0. The molecule has 1 unspecified atom stereocenters. The van der Waals surface area contributed by atoms with Crippen LogP contribution in [0.1, 0.15) is 53.5 Å². The Balaban J connectivity index is 1.88. The molecule has 0 saturated heterocycles. The van der Waals surface area contributed by atoms with E-state index in [4.69, 9.17) is 5.26 Å². The maximum atomic E-state index is 12.6. The highest BCUT2D eigenvalue weighted by Gasteiger charge is 2.32. The second kappa shape index (κ2) is 8.19. The summed E-state index contributed by atoms with van der Waals surface area (Å²) in [7, 11) is 0.